The Balaban J connectivity index is 2.22. The van der Waals surface area contributed by atoms with E-state index in [0.29, 0.717) is 20.1 Å². The molecule has 0 spiro atoms. The Morgan fingerprint density at radius 3 is 1.35 bits per heavy atom. The van der Waals surface area contributed by atoms with E-state index >= 15 is 0 Å². The quantitative estimate of drug-likeness (QED) is 0.528. The van der Waals surface area contributed by atoms with Crippen LogP contribution < -0.4 is 0 Å². The fraction of sp³-hybridized carbons (Fsp3) is 0. The van der Waals surface area contributed by atoms with E-state index in [0.717, 1.165) is 11.1 Å². The van der Waals surface area contributed by atoms with E-state index in [4.69, 9.17) is 46.4 Å². The second kappa shape index (κ2) is 7.07. The van der Waals surface area contributed by atoms with Crippen molar-refractivity contribution in [3.8, 4) is 0 Å². The molecule has 0 fully saturated rings. The molecule has 0 radical (unpaired) electrons. The lowest BCUT2D eigenvalue weighted by atomic mass is 10.2. The first-order valence-corrected chi connectivity index (χ1v) is 7.15. The highest BCUT2D eigenvalue weighted by atomic mass is 35.5. The predicted octanol–water partition coefficient (Wildman–Crippen LogP) is 6.78. The van der Waals surface area contributed by atoms with Gasteiger partial charge in [0, 0.05) is 0 Å². The van der Waals surface area contributed by atoms with Crippen molar-refractivity contribution < 1.29 is 0 Å². The van der Waals surface area contributed by atoms with Crippen LogP contribution in [0.5, 0.6) is 0 Å². The van der Waals surface area contributed by atoms with Gasteiger partial charge >= 0.3 is 0 Å². The summed E-state index contributed by atoms with van der Waals surface area (Å²) in [6.45, 7) is 0. The normalized spacial score (nSPS) is 9.60. The number of hydrogen-bond donors (Lipinski definition) is 0. The standard InChI is InChI=1S/C16H8Cl4/c17-13-7-5-11(9-15(13)19)3-1-2-4-12-6-8-14(18)16(20)10-12/h3-10H. The van der Waals surface area contributed by atoms with Gasteiger partial charge in [-0.05, 0) is 47.5 Å². The third-order valence-electron chi connectivity index (χ3n) is 2.45. The topological polar surface area (TPSA) is 0 Å². The van der Waals surface area contributed by atoms with Crippen molar-refractivity contribution in [1.82, 2.24) is 0 Å². The average Bonchev–Trinajstić information content (AvgIpc) is 2.42. The highest BCUT2D eigenvalue weighted by molar-refractivity contribution is 6.42. The molecule has 0 saturated heterocycles. The highest BCUT2D eigenvalue weighted by Crippen LogP contribution is 2.23. The van der Waals surface area contributed by atoms with Crippen molar-refractivity contribution >= 4 is 58.6 Å². The number of benzene rings is 2. The minimum atomic E-state index is 0.510. The van der Waals surface area contributed by atoms with E-state index in [1.54, 1.807) is 36.4 Å². The van der Waals surface area contributed by atoms with Gasteiger partial charge in [0.05, 0.1) is 20.1 Å². The summed E-state index contributed by atoms with van der Waals surface area (Å²) in [5.74, 6) is 0. The van der Waals surface area contributed by atoms with Gasteiger partial charge in [0.15, 0.2) is 0 Å². The van der Waals surface area contributed by atoms with Crippen LogP contribution in [0.15, 0.2) is 47.9 Å². The second-order valence-corrected chi connectivity index (χ2v) is 5.55. The molecular formula is C16H8Cl4. The molecule has 2 aromatic rings. The maximum Gasteiger partial charge on any atom is 0.0598 e. The van der Waals surface area contributed by atoms with Gasteiger partial charge in [0.1, 0.15) is 0 Å². The summed E-state index contributed by atoms with van der Waals surface area (Å²) in [5, 5.41) is 2.07. The van der Waals surface area contributed by atoms with Crippen molar-refractivity contribution in [2.75, 3.05) is 0 Å². The molecule has 0 N–H and O–H groups in total. The fourth-order valence-corrected chi connectivity index (χ4v) is 2.07. The first-order chi connectivity index (χ1) is 9.56. The third kappa shape index (κ3) is 4.20. The molecule has 0 aliphatic rings. The molecule has 2 aromatic carbocycles. The lowest BCUT2D eigenvalue weighted by molar-refractivity contribution is 1.65. The Morgan fingerprint density at radius 1 is 0.600 bits per heavy atom. The molecule has 0 amide bonds. The molecule has 0 heterocycles. The van der Waals surface area contributed by atoms with Crippen molar-refractivity contribution in [3.63, 3.8) is 0 Å². The third-order valence-corrected chi connectivity index (χ3v) is 3.93. The van der Waals surface area contributed by atoms with Crippen LogP contribution in [0, 0.1) is 0 Å². The average molecular weight is 342 g/mol. The van der Waals surface area contributed by atoms with Crippen LogP contribution in [0.1, 0.15) is 11.1 Å². The molecule has 4 heteroatoms. The van der Waals surface area contributed by atoms with E-state index in [1.807, 2.05) is 12.1 Å². The molecular weight excluding hydrogens is 334 g/mol. The monoisotopic (exact) mass is 340 g/mol. The summed E-state index contributed by atoms with van der Waals surface area (Å²) < 4.78 is 0. The van der Waals surface area contributed by atoms with Crippen LogP contribution in [-0.2, 0) is 0 Å². The zero-order valence-corrected chi connectivity index (χ0v) is 13.2. The molecule has 0 aliphatic heterocycles. The molecule has 0 nitrogen and oxygen atoms in total. The lowest BCUT2D eigenvalue weighted by Crippen LogP contribution is -1.72. The summed E-state index contributed by atoms with van der Waals surface area (Å²) in [5.41, 5.74) is 7.64. The van der Waals surface area contributed by atoms with Gasteiger partial charge in [0.2, 0.25) is 0 Å². The zero-order valence-electron chi connectivity index (χ0n) is 10.1. The van der Waals surface area contributed by atoms with E-state index in [2.05, 4.69) is 11.5 Å². The number of halogens is 4. The molecule has 0 unspecified atom stereocenters. The molecule has 20 heavy (non-hydrogen) atoms. The van der Waals surface area contributed by atoms with Crippen molar-refractivity contribution in [2.24, 2.45) is 0 Å². The predicted molar refractivity (Wildman–Crippen MR) is 88.9 cm³/mol. The molecule has 0 aromatic heterocycles. The van der Waals surface area contributed by atoms with Crippen LogP contribution in [0.4, 0.5) is 0 Å². The van der Waals surface area contributed by atoms with Crippen molar-refractivity contribution in [1.29, 1.82) is 0 Å². The maximum atomic E-state index is 5.92. The second-order valence-electron chi connectivity index (χ2n) is 3.92. The van der Waals surface area contributed by atoms with Crippen molar-refractivity contribution in [2.45, 2.75) is 0 Å². The van der Waals surface area contributed by atoms with Crippen LogP contribution >= 0.6 is 46.4 Å². The van der Waals surface area contributed by atoms with Crippen molar-refractivity contribution in [3.05, 3.63) is 79.1 Å². The molecule has 2 rings (SSSR count). The smallest absolute Gasteiger partial charge is 0.0598 e. The van der Waals surface area contributed by atoms with E-state index < -0.39 is 0 Å². The fourth-order valence-electron chi connectivity index (χ4n) is 1.45. The van der Waals surface area contributed by atoms with Gasteiger partial charge in [-0.15, -0.1) is 0 Å². The van der Waals surface area contributed by atoms with Gasteiger partial charge in [-0.3, -0.25) is 0 Å². The van der Waals surface area contributed by atoms with E-state index in [-0.39, 0.29) is 0 Å². The van der Waals surface area contributed by atoms with E-state index in [9.17, 15) is 0 Å². The lowest BCUT2D eigenvalue weighted by Gasteiger charge is -1.95. The van der Waals surface area contributed by atoms with Crippen LogP contribution in [0.2, 0.25) is 20.1 Å². The Labute approximate surface area is 137 Å². The summed E-state index contributed by atoms with van der Waals surface area (Å²) in [6, 6.07) is 10.7. The molecule has 0 saturated carbocycles. The summed E-state index contributed by atoms with van der Waals surface area (Å²) >= 11 is 23.5. The van der Waals surface area contributed by atoms with Gasteiger partial charge in [-0.2, -0.15) is 0 Å². The molecule has 0 aliphatic carbocycles. The summed E-state index contributed by atoms with van der Waals surface area (Å²) in [7, 11) is 0. The summed E-state index contributed by atoms with van der Waals surface area (Å²) in [6.07, 6.45) is 3.52. The first-order valence-electron chi connectivity index (χ1n) is 5.64. The van der Waals surface area contributed by atoms with E-state index in [1.165, 1.54) is 0 Å². The zero-order chi connectivity index (χ0) is 14.5. The first kappa shape index (κ1) is 15.3. The largest absolute Gasteiger partial charge is 0.0827 e. The van der Waals surface area contributed by atoms with Crippen LogP contribution in [0.25, 0.3) is 12.2 Å². The SMILES string of the molecule is Clc1ccc(C=C=C=Cc2ccc(Cl)c(Cl)c2)cc1Cl. The van der Waals surface area contributed by atoms with Gasteiger partial charge < -0.3 is 0 Å². The summed E-state index contributed by atoms with van der Waals surface area (Å²) in [4.78, 5) is 0. The number of rotatable bonds is 2. The molecule has 0 atom stereocenters. The molecule has 100 valence electrons. The Hall–Kier alpha value is -1.10. The van der Waals surface area contributed by atoms with Gasteiger partial charge in [-0.1, -0.05) is 70.0 Å². The Bertz CT molecular complexity index is 671. The minimum Gasteiger partial charge on any atom is -0.0827 e. The maximum absolute atomic E-state index is 5.92. The Morgan fingerprint density at radius 2 is 1.00 bits per heavy atom. The highest BCUT2D eigenvalue weighted by Gasteiger charge is 1.96. The number of hydrogen-bond acceptors (Lipinski definition) is 0. The van der Waals surface area contributed by atoms with Gasteiger partial charge in [0.25, 0.3) is 0 Å². The van der Waals surface area contributed by atoms with Crippen LogP contribution in [0.3, 0.4) is 0 Å². The minimum absolute atomic E-state index is 0.510. The Kier molecular flexibility index (Phi) is 5.40. The molecule has 0 bridgehead atoms. The van der Waals surface area contributed by atoms with Crippen LogP contribution in [-0.4, -0.2) is 0 Å². The van der Waals surface area contributed by atoms with Gasteiger partial charge in [-0.25, -0.2) is 0 Å².